The Balaban J connectivity index is 2.02. The van der Waals surface area contributed by atoms with Gasteiger partial charge < -0.3 is 15.7 Å². The van der Waals surface area contributed by atoms with E-state index in [0.717, 1.165) is 5.56 Å². The van der Waals surface area contributed by atoms with Crippen molar-refractivity contribution < 1.29 is 23.7 Å². The van der Waals surface area contributed by atoms with E-state index < -0.39 is 40.7 Å². The van der Waals surface area contributed by atoms with Crippen molar-refractivity contribution in [2.45, 2.75) is 36.7 Å². The topological polar surface area (TPSA) is 113 Å². The molecule has 0 aliphatic rings. The van der Waals surface area contributed by atoms with Crippen molar-refractivity contribution in [2.24, 2.45) is 0 Å². The van der Waals surface area contributed by atoms with Gasteiger partial charge in [-0.15, -0.1) is 0 Å². The Hall–Kier alpha value is -3.00. The molecule has 3 atom stereocenters. The van der Waals surface area contributed by atoms with Crippen LogP contribution in [-0.4, -0.2) is 44.9 Å². The SMILES string of the molecule is CC(=O)N[C@@H](Cc1ccccc1)C(=O)N[C@H](CC[S@@](=O)c1ccccc1)C(=O)O. The van der Waals surface area contributed by atoms with Crippen LogP contribution in [0.3, 0.4) is 0 Å². The highest BCUT2D eigenvalue weighted by Gasteiger charge is 2.26. The van der Waals surface area contributed by atoms with Crippen molar-refractivity contribution in [3.8, 4) is 0 Å². The normalized spacial score (nSPS) is 13.7. The minimum Gasteiger partial charge on any atom is -0.480 e. The molecule has 0 saturated heterocycles. The van der Waals surface area contributed by atoms with Crippen molar-refractivity contribution in [3.63, 3.8) is 0 Å². The zero-order valence-electron chi connectivity index (χ0n) is 16.0. The molecule has 0 saturated carbocycles. The van der Waals surface area contributed by atoms with Crippen LogP contribution in [0.5, 0.6) is 0 Å². The summed E-state index contributed by atoms with van der Waals surface area (Å²) in [6, 6.07) is 15.7. The summed E-state index contributed by atoms with van der Waals surface area (Å²) >= 11 is 0. The number of hydrogen-bond acceptors (Lipinski definition) is 4. The van der Waals surface area contributed by atoms with E-state index in [2.05, 4.69) is 10.6 Å². The molecule has 0 unspecified atom stereocenters. The van der Waals surface area contributed by atoms with Gasteiger partial charge in [0, 0.05) is 24.0 Å². The molecule has 0 bridgehead atoms. The first-order valence-electron chi connectivity index (χ1n) is 9.14. The fourth-order valence-electron chi connectivity index (χ4n) is 2.75. The minimum absolute atomic E-state index is 0.000702. The summed E-state index contributed by atoms with van der Waals surface area (Å²) in [7, 11) is -1.37. The standard InChI is InChI=1S/C21H24N2O5S/c1-15(24)22-19(14-16-8-4-2-5-9-16)20(25)23-18(21(26)27)12-13-29(28)17-10-6-3-7-11-17/h2-11,18-19H,12-14H2,1H3,(H,22,24)(H,23,25)(H,26,27)/t18-,19+,29-/m1/s1. The van der Waals surface area contributed by atoms with Crippen LogP contribution < -0.4 is 10.6 Å². The van der Waals surface area contributed by atoms with Crippen LogP contribution >= 0.6 is 0 Å². The van der Waals surface area contributed by atoms with E-state index in [1.54, 1.807) is 30.3 Å². The summed E-state index contributed by atoms with van der Waals surface area (Å²) in [6.07, 6.45) is 0.231. The molecule has 0 heterocycles. The van der Waals surface area contributed by atoms with E-state index in [4.69, 9.17) is 0 Å². The van der Waals surface area contributed by atoms with Crippen molar-refractivity contribution >= 4 is 28.6 Å². The highest BCUT2D eigenvalue weighted by molar-refractivity contribution is 7.85. The van der Waals surface area contributed by atoms with Crippen LogP contribution in [0.25, 0.3) is 0 Å². The van der Waals surface area contributed by atoms with Gasteiger partial charge in [-0.05, 0) is 24.1 Å². The Bertz CT molecular complexity index is 858. The number of rotatable bonds is 10. The number of carboxylic acid groups (broad SMARTS) is 1. The maximum atomic E-state index is 12.6. The molecule has 8 heteroatoms. The summed E-state index contributed by atoms with van der Waals surface area (Å²) < 4.78 is 12.3. The van der Waals surface area contributed by atoms with E-state index in [1.165, 1.54) is 6.92 Å². The molecule has 0 aromatic heterocycles. The lowest BCUT2D eigenvalue weighted by Gasteiger charge is -2.21. The number of carbonyl (C=O) groups is 3. The van der Waals surface area contributed by atoms with Crippen molar-refractivity contribution in [1.82, 2.24) is 10.6 Å². The van der Waals surface area contributed by atoms with E-state index in [-0.39, 0.29) is 18.6 Å². The van der Waals surface area contributed by atoms with Gasteiger partial charge in [-0.1, -0.05) is 48.5 Å². The number of amides is 2. The van der Waals surface area contributed by atoms with Crippen LogP contribution in [-0.2, 0) is 31.6 Å². The Labute approximate surface area is 172 Å². The second kappa shape index (κ2) is 11.1. The van der Waals surface area contributed by atoms with Crippen LogP contribution in [0.2, 0.25) is 0 Å². The Kier molecular flexibility index (Phi) is 8.54. The third-order valence-corrected chi connectivity index (χ3v) is 5.59. The highest BCUT2D eigenvalue weighted by atomic mass is 32.2. The van der Waals surface area contributed by atoms with Crippen molar-refractivity contribution in [3.05, 3.63) is 66.2 Å². The zero-order valence-corrected chi connectivity index (χ0v) is 16.9. The average molecular weight is 416 g/mol. The third kappa shape index (κ3) is 7.50. The first-order chi connectivity index (χ1) is 13.9. The molecule has 0 spiro atoms. The molecule has 29 heavy (non-hydrogen) atoms. The fraction of sp³-hybridized carbons (Fsp3) is 0.286. The van der Waals surface area contributed by atoms with Gasteiger partial charge in [0.2, 0.25) is 11.8 Å². The predicted octanol–water partition coefficient (Wildman–Crippen LogP) is 1.50. The average Bonchev–Trinajstić information content (AvgIpc) is 2.71. The van der Waals surface area contributed by atoms with E-state index in [1.807, 2.05) is 30.3 Å². The summed E-state index contributed by atoms with van der Waals surface area (Å²) in [5, 5.41) is 14.5. The van der Waals surface area contributed by atoms with Gasteiger partial charge in [0.1, 0.15) is 12.1 Å². The first kappa shape index (κ1) is 22.3. The maximum absolute atomic E-state index is 12.6. The third-order valence-electron chi connectivity index (χ3n) is 4.19. The number of hydrogen-bond donors (Lipinski definition) is 3. The Morgan fingerprint density at radius 1 is 0.931 bits per heavy atom. The number of carbonyl (C=O) groups excluding carboxylic acids is 2. The van der Waals surface area contributed by atoms with Gasteiger partial charge >= 0.3 is 5.97 Å². The number of aliphatic carboxylic acids is 1. The zero-order chi connectivity index (χ0) is 21.2. The maximum Gasteiger partial charge on any atom is 0.326 e. The van der Waals surface area contributed by atoms with E-state index >= 15 is 0 Å². The molecular weight excluding hydrogens is 392 g/mol. The lowest BCUT2D eigenvalue weighted by Crippen LogP contribution is -2.52. The second-order valence-corrected chi connectivity index (χ2v) is 8.06. The van der Waals surface area contributed by atoms with Crippen LogP contribution in [0.1, 0.15) is 18.9 Å². The predicted molar refractivity (Wildman–Crippen MR) is 110 cm³/mol. The molecule has 2 rings (SSSR count). The van der Waals surface area contributed by atoms with Gasteiger partial charge in [0.05, 0.1) is 10.8 Å². The number of benzene rings is 2. The molecule has 3 N–H and O–H groups in total. The van der Waals surface area contributed by atoms with E-state index in [9.17, 15) is 23.7 Å². The van der Waals surface area contributed by atoms with Crippen molar-refractivity contribution in [2.75, 3.05) is 5.75 Å². The minimum atomic E-state index is -1.37. The molecule has 7 nitrogen and oxygen atoms in total. The summed E-state index contributed by atoms with van der Waals surface area (Å²) in [5.41, 5.74) is 0.832. The molecule has 2 amide bonds. The van der Waals surface area contributed by atoms with Crippen LogP contribution in [0.4, 0.5) is 0 Å². The smallest absolute Gasteiger partial charge is 0.326 e. The highest BCUT2D eigenvalue weighted by Crippen LogP contribution is 2.09. The summed E-state index contributed by atoms with van der Waals surface area (Å²) in [5.74, 6) is -2.12. The Morgan fingerprint density at radius 2 is 1.52 bits per heavy atom. The molecule has 2 aromatic rings. The molecule has 0 fully saturated rings. The lowest BCUT2D eigenvalue weighted by molar-refractivity contribution is -0.142. The quantitative estimate of drug-likeness (QED) is 0.543. The molecular formula is C21H24N2O5S. The molecule has 154 valence electrons. The second-order valence-electron chi connectivity index (χ2n) is 6.49. The summed E-state index contributed by atoms with van der Waals surface area (Å²) in [6.45, 7) is 1.29. The van der Waals surface area contributed by atoms with Crippen molar-refractivity contribution in [1.29, 1.82) is 0 Å². The van der Waals surface area contributed by atoms with Gasteiger partial charge in [-0.3, -0.25) is 13.8 Å². The molecule has 0 aliphatic carbocycles. The van der Waals surface area contributed by atoms with E-state index in [0.29, 0.717) is 4.90 Å². The largest absolute Gasteiger partial charge is 0.480 e. The number of carboxylic acids is 1. The summed E-state index contributed by atoms with van der Waals surface area (Å²) in [4.78, 5) is 36.3. The lowest BCUT2D eigenvalue weighted by atomic mass is 10.0. The van der Waals surface area contributed by atoms with Gasteiger partial charge in [0.25, 0.3) is 0 Å². The fourth-order valence-corrected chi connectivity index (χ4v) is 3.90. The molecule has 0 aliphatic heterocycles. The monoisotopic (exact) mass is 416 g/mol. The number of nitrogens with one attached hydrogen (secondary N) is 2. The van der Waals surface area contributed by atoms with Gasteiger partial charge in [-0.2, -0.15) is 0 Å². The van der Waals surface area contributed by atoms with Gasteiger partial charge in [0.15, 0.2) is 0 Å². The Morgan fingerprint density at radius 3 is 2.07 bits per heavy atom. The van der Waals surface area contributed by atoms with Crippen LogP contribution in [0, 0.1) is 0 Å². The molecule has 0 radical (unpaired) electrons. The molecule has 2 aromatic carbocycles. The van der Waals surface area contributed by atoms with Gasteiger partial charge in [-0.25, -0.2) is 4.79 Å². The van der Waals surface area contributed by atoms with Crippen LogP contribution in [0.15, 0.2) is 65.6 Å². The first-order valence-corrected chi connectivity index (χ1v) is 10.5.